The number of carboxylic acid groups (broad SMARTS) is 1. The molecule has 6 heteroatoms. The second kappa shape index (κ2) is 7.75. The number of aromatic carboxylic acids is 1. The molecule has 0 saturated heterocycles. The molecule has 0 aliphatic heterocycles. The van der Waals surface area contributed by atoms with Gasteiger partial charge in [0.1, 0.15) is 18.1 Å². The van der Waals surface area contributed by atoms with Crippen molar-refractivity contribution in [3.63, 3.8) is 0 Å². The van der Waals surface area contributed by atoms with Crippen LogP contribution < -0.4 is 9.84 Å². The SMILES string of the molecule is O=C([O-])c1cc(-c2ccc(OCc3ccccc3)cn2)n(-c2ccccc2)n1. The van der Waals surface area contributed by atoms with Crippen LogP contribution in [-0.2, 0) is 6.61 Å². The molecule has 0 fully saturated rings. The summed E-state index contributed by atoms with van der Waals surface area (Å²) in [5, 5.41) is 15.4. The lowest BCUT2D eigenvalue weighted by Gasteiger charge is -2.09. The molecule has 0 aliphatic carbocycles. The Labute approximate surface area is 161 Å². The van der Waals surface area contributed by atoms with Gasteiger partial charge in [-0.2, -0.15) is 5.10 Å². The average molecular weight is 370 g/mol. The Morgan fingerprint density at radius 3 is 2.32 bits per heavy atom. The summed E-state index contributed by atoms with van der Waals surface area (Å²) in [6.07, 6.45) is 1.61. The molecule has 0 bridgehead atoms. The van der Waals surface area contributed by atoms with Gasteiger partial charge in [-0.15, -0.1) is 0 Å². The first-order valence-corrected chi connectivity index (χ1v) is 8.71. The van der Waals surface area contributed by atoms with Crippen molar-refractivity contribution in [2.75, 3.05) is 0 Å². The molecule has 0 saturated carbocycles. The second-order valence-corrected chi connectivity index (χ2v) is 6.10. The quantitative estimate of drug-likeness (QED) is 0.521. The fourth-order valence-corrected chi connectivity index (χ4v) is 2.79. The van der Waals surface area contributed by atoms with Crippen molar-refractivity contribution >= 4 is 5.97 Å². The highest BCUT2D eigenvalue weighted by Gasteiger charge is 2.13. The predicted molar refractivity (Wildman–Crippen MR) is 102 cm³/mol. The lowest BCUT2D eigenvalue weighted by molar-refractivity contribution is -0.255. The van der Waals surface area contributed by atoms with Crippen molar-refractivity contribution in [3.05, 3.63) is 96.3 Å². The van der Waals surface area contributed by atoms with Gasteiger partial charge in [-0.3, -0.25) is 4.98 Å². The Bertz CT molecular complexity index is 1080. The number of rotatable bonds is 6. The van der Waals surface area contributed by atoms with Gasteiger partial charge in [0.05, 0.1) is 29.2 Å². The summed E-state index contributed by atoms with van der Waals surface area (Å²) in [5.74, 6) is -0.711. The van der Waals surface area contributed by atoms with E-state index < -0.39 is 5.97 Å². The summed E-state index contributed by atoms with van der Waals surface area (Å²) in [4.78, 5) is 15.7. The summed E-state index contributed by atoms with van der Waals surface area (Å²) < 4.78 is 7.29. The molecule has 28 heavy (non-hydrogen) atoms. The van der Waals surface area contributed by atoms with Gasteiger partial charge in [-0.1, -0.05) is 48.5 Å². The monoisotopic (exact) mass is 370 g/mol. The van der Waals surface area contributed by atoms with Crippen molar-refractivity contribution in [2.45, 2.75) is 6.61 Å². The zero-order valence-corrected chi connectivity index (χ0v) is 14.9. The largest absolute Gasteiger partial charge is 0.543 e. The molecule has 0 aliphatic rings. The lowest BCUT2D eigenvalue weighted by atomic mass is 10.2. The first-order chi connectivity index (χ1) is 13.7. The van der Waals surface area contributed by atoms with Crippen LogP contribution in [0.3, 0.4) is 0 Å². The number of pyridine rings is 1. The van der Waals surface area contributed by atoms with Crippen molar-refractivity contribution in [1.82, 2.24) is 14.8 Å². The van der Waals surface area contributed by atoms with Crippen LogP contribution in [0, 0.1) is 0 Å². The Balaban J connectivity index is 1.61. The van der Waals surface area contributed by atoms with Gasteiger partial charge in [0, 0.05) is 0 Å². The molecule has 6 nitrogen and oxygen atoms in total. The van der Waals surface area contributed by atoms with E-state index in [-0.39, 0.29) is 5.69 Å². The minimum atomic E-state index is -1.33. The molecule has 0 atom stereocenters. The highest BCUT2D eigenvalue weighted by atomic mass is 16.5. The number of hydrogen-bond acceptors (Lipinski definition) is 5. The van der Waals surface area contributed by atoms with Crippen LogP contribution in [0.5, 0.6) is 5.75 Å². The normalized spacial score (nSPS) is 10.6. The van der Waals surface area contributed by atoms with Gasteiger partial charge in [-0.05, 0) is 35.9 Å². The van der Waals surface area contributed by atoms with E-state index in [2.05, 4.69) is 10.1 Å². The second-order valence-electron chi connectivity index (χ2n) is 6.10. The van der Waals surface area contributed by atoms with Crippen molar-refractivity contribution in [3.8, 4) is 22.8 Å². The fraction of sp³-hybridized carbons (Fsp3) is 0.0455. The summed E-state index contributed by atoms with van der Waals surface area (Å²) in [7, 11) is 0. The van der Waals surface area contributed by atoms with Crippen LogP contribution in [0.2, 0.25) is 0 Å². The van der Waals surface area contributed by atoms with Crippen LogP contribution in [0.15, 0.2) is 85.1 Å². The zero-order valence-electron chi connectivity index (χ0n) is 14.9. The number of carbonyl (C=O) groups is 1. The number of ether oxygens (including phenoxy) is 1. The summed E-state index contributed by atoms with van der Waals surface area (Å²) in [5.41, 5.74) is 2.78. The first-order valence-electron chi connectivity index (χ1n) is 8.71. The molecule has 0 amide bonds. The summed E-state index contributed by atoms with van der Waals surface area (Å²) >= 11 is 0. The van der Waals surface area contributed by atoms with E-state index in [0.29, 0.717) is 23.7 Å². The number of hydrogen-bond donors (Lipinski definition) is 0. The lowest BCUT2D eigenvalue weighted by Crippen LogP contribution is -2.22. The minimum absolute atomic E-state index is 0.148. The van der Waals surface area contributed by atoms with E-state index in [9.17, 15) is 9.90 Å². The van der Waals surface area contributed by atoms with E-state index in [4.69, 9.17) is 4.74 Å². The molecular weight excluding hydrogens is 354 g/mol. The summed E-state index contributed by atoms with van der Waals surface area (Å²) in [6, 6.07) is 24.1. The van der Waals surface area contributed by atoms with Crippen LogP contribution >= 0.6 is 0 Å². The number of carbonyl (C=O) groups excluding carboxylic acids is 1. The number of aromatic nitrogens is 3. The number of carboxylic acids is 1. The highest BCUT2D eigenvalue weighted by Crippen LogP contribution is 2.24. The summed E-state index contributed by atoms with van der Waals surface area (Å²) in [6.45, 7) is 0.443. The molecule has 0 radical (unpaired) electrons. The van der Waals surface area contributed by atoms with E-state index >= 15 is 0 Å². The average Bonchev–Trinajstić information content (AvgIpc) is 3.20. The van der Waals surface area contributed by atoms with Gasteiger partial charge in [0.25, 0.3) is 0 Å². The maximum atomic E-state index is 11.3. The minimum Gasteiger partial charge on any atom is -0.543 e. The molecule has 2 aromatic heterocycles. The highest BCUT2D eigenvalue weighted by molar-refractivity contribution is 5.85. The number of benzene rings is 2. The Hall–Kier alpha value is -3.93. The smallest absolute Gasteiger partial charge is 0.138 e. The van der Waals surface area contributed by atoms with Gasteiger partial charge >= 0.3 is 0 Å². The molecule has 2 heterocycles. The van der Waals surface area contributed by atoms with E-state index in [0.717, 1.165) is 11.3 Å². The maximum Gasteiger partial charge on any atom is 0.138 e. The Morgan fingerprint density at radius 2 is 1.68 bits per heavy atom. The maximum absolute atomic E-state index is 11.3. The van der Waals surface area contributed by atoms with Crippen LogP contribution in [-0.4, -0.2) is 20.7 Å². The van der Waals surface area contributed by atoms with E-state index in [1.54, 1.807) is 18.3 Å². The molecule has 2 aromatic carbocycles. The van der Waals surface area contributed by atoms with Gasteiger partial charge in [0.15, 0.2) is 0 Å². The predicted octanol–water partition coefficient (Wildman–Crippen LogP) is 2.88. The third-order valence-electron chi connectivity index (χ3n) is 4.17. The Morgan fingerprint density at radius 1 is 0.964 bits per heavy atom. The van der Waals surface area contributed by atoms with Gasteiger partial charge in [0.2, 0.25) is 0 Å². The Kier molecular flexibility index (Phi) is 4.84. The molecule has 0 unspecified atom stereocenters. The number of nitrogens with zero attached hydrogens (tertiary/aromatic N) is 3. The number of para-hydroxylation sites is 1. The third kappa shape index (κ3) is 3.76. The van der Waals surface area contributed by atoms with Crippen LogP contribution in [0.1, 0.15) is 16.1 Å². The van der Waals surface area contributed by atoms with Gasteiger partial charge < -0.3 is 14.6 Å². The van der Waals surface area contributed by atoms with Crippen molar-refractivity contribution in [1.29, 1.82) is 0 Å². The van der Waals surface area contributed by atoms with Crippen molar-refractivity contribution in [2.24, 2.45) is 0 Å². The fourth-order valence-electron chi connectivity index (χ4n) is 2.79. The zero-order chi connectivity index (χ0) is 19.3. The van der Waals surface area contributed by atoms with Gasteiger partial charge in [-0.25, -0.2) is 4.68 Å². The van der Waals surface area contributed by atoms with E-state index in [1.165, 1.54) is 10.7 Å². The topological polar surface area (TPSA) is 80.1 Å². The standard InChI is InChI=1S/C22H17N3O3/c26-22(27)20-13-21(25(24-20)17-9-5-2-6-10-17)19-12-11-18(14-23-19)28-15-16-7-3-1-4-8-16/h1-14H,15H2,(H,26,27)/p-1. The molecular formula is C22H16N3O3-. The first kappa shape index (κ1) is 17.5. The molecule has 0 N–H and O–H groups in total. The van der Waals surface area contributed by atoms with Crippen LogP contribution in [0.4, 0.5) is 0 Å². The molecule has 4 rings (SSSR count). The molecule has 4 aromatic rings. The molecule has 0 spiro atoms. The third-order valence-corrected chi connectivity index (χ3v) is 4.17. The van der Waals surface area contributed by atoms with Crippen molar-refractivity contribution < 1.29 is 14.6 Å². The van der Waals surface area contributed by atoms with E-state index in [1.807, 2.05) is 60.7 Å². The molecule has 138 valence electrons. The van der Waals surface area contributed by atoms with Crippen LogP contribution in [0.25, 0.3) is 17.1 Å².